The Kier molecular flexibility index (Phi) is 2.40. The number of rotatable bonds is 1. The van der Waals surface area contributed by atoms with Crippen molar-refractivity contribution in [3.05, 3.63) is 41.7 Å². The van der Waals surface area contributed by atoms with Crippen LogP contribution < -0.4 is 5.32 Å². The van der Waals surface area contributed by atoms with Crippen molar-refractivity contribution in [2.75, 3.05) is 6.54 Å². The van der Waals surface area contributed by atoms with Gasteiger partial charge in [0.2, 0.25) is 0 Å². The van der Waals surface area contributed by atoms with E-state index in [0.29, 0.717) is 12.1 Å². The van der Waals surface area contributed by atoms with Gasteiger partial charge in [0.1, 0.15) is 11.6 Å². The molecule has 5 heteroatoms. The summed E-state index contributed by atoms with van der Waals surface area (Å²) >= 11 is 0. The van der Waals surface area contributed by atoms with Gasteiger partial charge in [0, 0.05) is 30.3 Å². The van der Waals surface area contributed by atoms with Crippen LogP contribution in [0.5, 0.6) is 0 Å². The quantitative estimate of drug-likeness (QED) is 0.818. The minimum atomic E-state index is -0.564. The van der Waals surface area contributed by atoms with Crippen molar-refractivity contribution in [2.24, 2.45) is 0 Å². The molecule has 0 bridgehead atoms. The number of fused-ring (bicyclic) bond motifs is 1. The Morgan fingerprint density at radius 2 is 2.12 bits per heavy atom. The van der Waals surface area contributed by atoms with Crippen LogP contribution in [0, 0.1) is 11.6 Å². The van der Waals surface area contributed by atoms with Crippen molar-refractivity contribution in [1.82, 2.24) is 15.1 Å². The van der Waals surface area contributed by atoms with Gasteiger partial charge in [0.25, 0.3) is 0 Å². The van der Waals surface area contributed by atoms with Crippen LogP contribution in [0.15, 0.2) is 24.4 Å². The van der Waals surface area contributed by atoms with Crippen molar-refractivity contribution >= 4 is 0 Å². The van der Waals surface area contributed by atoms with Gasteiger partial charge in [-0.05, 0) is 12.1 Å². The van der Waals surface area contributed by atoms with Crippen LogP contribution in [0.3, 0.4) is 0 Å². The highest BCUT2D eigenvalue weighted by molar-refractivity contribution is 5.66. The molecular formula is C12H11F2N3. The van der Waals surface area contributed by atoms with Crippen molar-refractivity contribution in [3.8, 4) is 11.1 Å². The molecule has 0 atom stereocenters. The largest absolute Gasteiger partial charge is 0.309 e. The SMILES string of the molecule is Fc1ccc(-c2cnn3c2CNCC3)c(F)c1. The molecule has 0 unspecified atom stereocenters. The average molecular weight is 235 g/mol. The van der Waals surface area contributed by atoms with Crippen LogP contribution in [-0.2, 0) is 13.1 Å². The average Bonchev–Trinajstić information content (AvgIpc) is 2.73. The first-order valence-electron chi connectivity index (χ1n) is 5.46. The van der Waals surface area contributed by atoms with Crippen LogP contribution in [0.4, 0.5) is 8.78 Å². The maximum Gasteiger partial charge on any atom is 0.134 e. The van der Waals surface area contributed by atoms with Crippen molar-refractivity contribution in [3.63, 3.8) is 0 Å². The Morgan fingerprint density at radius 1 is 1.24 bits per heavy atom. The van der Waals surface area contributed by atoms with Crippen LogP contribution in [0.25, 0.3) is 11.1 Å². The number of hydrogen-bond acceptors (Lipinski definition) is 2. The molecule has 2 aromatic rings. The lowest BCUT2D eigenvalue weighted by atomic mass is 10.1. The molecular weight excluding hydrogens is 224 g/mol. The molecule has 1 N–H and O–H groups in total. The highest BCUT2D eigenvalue weighted by atomic mass is 19.1. The van der Waals surface area contributed by atoms with E-state index in [1.165, 1.54) is 12.1 Å². The maximum atomic E-state index is 13.7. The van der Waals surface area contributed by atoms with Crippen LogP contribution in [0.2, 0.25) is 0 Å². The number of nitrogens with zero attached hydrogens (tertiary/aromatic N) is 2. The van der Waals surface area contributed by atoms with E-state index in [4.69, 9.17) is 0 Å². The summed E-state index contributed by atoms with van der Waals surface area (Å²) < 4.78 is 28.4. The second-order valence-corrected chi connectivity index (χ2v) is 4.03. The zero-order chi connectivity index (χ0) is 11.8. The Bertz CT molecular complexity index is 563. The topological polar surface area (TPSA) is 29.9 Å². The van der Waals surface area contributed by atoms with Gasteiger partial charge in [0.05, 0.1) is 18.4 Å². The summed E-state index contributed by atoms with van der Waals surface area (Å²) in [6, 6.07) is 3.62. The van der Waals surface area contributed by atoms with Gasteiger partial charge in [0.15, 0.2) is 0 Å². The lowest BCUT2D eigenvalue weighted by molar-refractivity contribution is 0.476. The van der Waals surface area contributed by atoms with Gasteiger partial charge < -0.3 is 5.32 Å². The van der Waals surface area contributed by atoms with Gasteiger partial charge >= 0.3 is 0 Å². The third-order valence-electron chi connectivity index (χ3n) is 2.96. The summed E-state index contributed by atoms with van der Waals surface area (Å²) in [6.07, 6.45) is 1.64. The minimum Gasteiger partial charge on any atom is -0.309 e. The van der Waals surface area contributed by atoms with E-state index < -0.39 is 11.6 Å². The fourth-order valence-electron chi connectivity index (χ4n) is 2.11. The molecule has 0 saturated carbocycles. The fourth-order valence-corrected chi connectivity index (χ4v) is 2.11. The predicted molar refractivity (Wildman–Crippen MR) is 59.3 cm³/mol. The standard InChI is InChI=1S/C12H11F2N3/c13-8-1-2-9(11(14)5-8)10-6-16-17-4-3-15-7-12(10)17/h1-2,5-6,15H,3-4,7H2. The molecule has 2 heterocycles. The first-order chi connectivity index (χ1) is 8.25. The predicted octanol–water partition coefficient (Wildman–Crippen LogP) is 1.93. The first-order valence-corrected chi connectivity index (χ1v) is 5.46. The summed E-state index contributed by atoms with van der Waals surface area (Å²) in [4.78, 5) is 0. The number of benzene rings is 1. The highest BCUT2D eigenvalue weighted by Gasteiger charge is 2.17. The molecule has 3 nitrogen and oxygen atoms in total. The minimum absolute atomic E-state index is 0.399. The summed E-state index contributed by atoms with van der Waals surface area (Å²) in [7, 11) is 0. The molecule has 1 aromatic carbocycles. The molecule has 1 aliphatic rings. The zero-order valence-electron chi connectivity index (χ0n) is 9.08. The number of halogens is 2. The lowest BCUT2D eigenvalue weighted by Crippen LogP contribution is -2.28. The molecule has 1 aromatic heterocycles. The fraction of sp³-hybridized carbons (Fsp3) is 0.250. The van der Waals surface area contributed by atoms with E-state index in [1.807, 2.05) is 4.68 Å². The van der Waals surface area contributed by atoms with Crippen LogP contribution >= 0.6 is 0 Å². The van der Waals surface area contributed by atoms with Gasteiger partial charge in [-0.25, -0.2) is 8.78 Å². The van der Waals surface area contributed by atoms with Crippen LogP contribution in [0.1, 0.15) is 5.69 Å². The van der Waals surface area contributed by atoms with Gasteiger partial charge in [-0.15, -0.1) is 0 Å². The zero-order valence-corrected chi connectivity index (χ0v) is 9.08. The van der Waals surface area contributed by atoms with E-state index in [9.17, 15) is 8.78 Å². The monoisotopic (exact) mass is 235 g/mol. The lowest BCUT2D eigenvalue weighted by Gasteiger charge is -2.16. The summed E-state index contributed by atoms with van der Waals surface area (Å²) in [5, 5.41) is 7.42. The summed E-state index contributed by atoms with van der Waals surface area (Å²) in [5.41, 5.74) is 2.08. The Morgan fingerprint density at radius 3 is 2.94 bits per heavy atom. The Balaban J connectivity index is 2.12. The molecule has 0 radical (unpaired) electrons. The van der Waals surface area contributed by atoms with Crippen molar-refractivity contribution in [1.29, 1.82) is 0 Å². The van der Waals surface area contributed by atoms with E-state index in [-0.39, 0.29) is 0 Å². The van der Waals surface area contributed by atoms with Gasteiger partial charge in [-0.1, -0.05) is 0 Å². The Labute approximate surface area is 97.1 Å². The molecule has 88 valence electrons. The third-order valence-corrected chi connectivity index (χ3v) is 2.96. The second-order valence-electron chi connectivity index (χ2n) is 4.03. The molecule has 0 spiro atoms. The van der Waals surface area contributed by atoms with Gasteiger partial charge in [-0.3, -0.25) is 4.68 Å². The molecule has 3 rings (SSSR count). The summed E-state index contributed by atoms with van der Waals surface area (Å²) in [6.45, 7) is 2.30. The van der Waals surface area contributed by atoms with Crippen molar-refractivity contribution < 1.29 is 8.78 Å². The molecule has 0 aliphatic carbocycles. The summed E-state index contributed by atoms with van der Waals surface area (Å²) in [5.74, 6) is -1.11. The smallest absolute Gasteiger partial charge is 0.134 e. The Hall–Kier alpha value is -1.75. The van der Waals surface area contributed by atoms with Crippen molar-refractivity contribution in [2.45, 2.75) is 13.1 Å². The second kappa shape index (κ2) is 3.92. The number of nitrogens with one attached hydrogen (secondary N) is 1. The van der Waals surface area contributed by atoms with E-state index in [2.05, 4.69) is 10.4 Å². The maximum absolute atomic E-state index is 13.7. The molecule has 1 aliphatic heterocycles. The number of aromatic nitrogens is 2. The molecule has 0 fully saturated rings. The third kappa shape index (κ3) is 1.72. The van der Waals surface area contributed by atoms with Crippen LogP contribution in [-0.4, -0.2) is 16.3 Å². The molecule has 0 saturated heterocycles. The molecule has 0 amide bonds. The highest BCUT2D eigenvalue weighted by Crippen LogP contribution is 2.27. The normalized spacial score (nSPS) is 14.7. The van der Waals surface area contributed by atoms with E-state index >= 15 is 0 Å². The van der Waals surface area contributed by atoms with E-state index in [1.54, 1.807) is 6.20 Å². The van der Waals surface area contributed by atoms with Gasteiger partial charge in [-0.2, -0.15) is 5.10 Å². The van der Waals surface area contributed by atoms with E-state index in [0.717, 1.165) is 30.4 Å². The first kappa shape index (κ1) is 10.4. The molecule has 17 heavy (non-hydrogen) atoms. The number of hydrogen-bond donors (Lipinski definition) is 1.